The van der Waals surface area contributed by atoms with Crippen LogP contribution >= 0.6 is 11.3 Å². The van der Waals surface area contributed by atoms with Crippen LogP contribution in [0.4, 0.5) is 0 Å². The predicted molar refractivity (Wildman–Crippen MR) is 82.7 cm³/mol. The van der Waals surface area contributed by atoms with Crippen LogP contribution in [0.25, 0.3) is 0 Å². The van der Waals surface area contributed by atoms with Crippen LogP contribution in [0.2, 0.25) is 0 Å². The van der Waals surface area contributed by atoms with Gasteiger partial charge in [0, 0.05) is 17.8 Å². The predicted octanol–water partition coefficient (Wildman–Crippen LogP) is 3.99. The van der Waals surface area contributed by atoms with Gasteiger partial charge in [-0.3, -0.25) is 0 Å². The Morgan fingerprint density at radius 2 is 2.00 bits per heavy atom. The number of aromatic nitrogens is 1. The molecule has 19 heavy (non-hydrogen) atoms. The summed E-state index contributed by atoms with van der Waals surface area (Å²) in [5.41, 5.74) is 2.57. The first-order valence-electron chi connectivity index (χ1n) is 7.01. The van der Waals surface area contributed by atoms with E-state index in [1.165, 1.54) is 16.3 Å². The van der Waals surface area contributed by atoms with Crippen molar-refractivity contribution in [1.29, 1.82) is 0 Å². The number of thiazole rings is 1. The fourth-order valence-electron chi connectivity index (χ4n) is 2.00. The van der Waals surface area contributed by atoms with E-state index in [9.17, 15) is 0 Å². The maximum atomic E-state index is 4.73. The van der Waals surface area contributed by atoms with Crippen LogP contribution in [0.1, 0.15) is 42.6 Å². The van der Waals surface area contributed by atoms with Gasteiger partial charge in [-0.2, -0.15) is 0 Å². The molecule has 1 aromatic carbocycles. The van der Waals surface area contributed by atoms with Crippen molar-refractivity contribution in [2.75, 3.05) is 6.54 Å². The van der Waals surface area contributed by atoms with Crippen molar-refractivity contribution in [3.63, 3.8) is 0 Å². The Morgan fingerprint density at radius 1 is 1.21 bits per heavy atom. The van der Waals surface area contributed by atoms with E-state index < -0.39 is 0 Å². The quantitative estimate of drug-likeness (QED) is 0.826. The van der Waals surface area contributed by atoms with E-state index in [-0.39, 0.29) is 0 Å². The van der Waals surface area contributed by atoms with E-state index in [0.29, 0.717) is 6.04 Å². The molecule has 2 nitrogen and oxygen atoms in total. The second-order valence-corrected chi connectivity index (χ2v) is 5.77. The first-order chi connectivity index (χ1) is 9.29. The molecular weight excluding hydrogens is 252 g/mol. The van der Waals surface area contributed by atoms with Crippen molar-refractivity contribution in [3.8, 4) is 0 Å². The van der Waals surface area contributed by atoms with E-state index in [1.54, 1.807) is 11.3 Å². The molecule has 0 saturated carbocycles. The maximum Gasteiger partial charge on any atom is 0.0932 e. The van der Waals surface area contributed by atoms with Gasteiger partial charge < -0.3 is 5.32 Å². The fraction of sp³-hybridized carbons (Fsp3) is 0.438. The molecule has 1 heterocycles. The number of hydrogen-bond acceptors (Lipinski definition) is 3. The first-order valence-corrected chi connectivity index (χ1v) is 7.89. The Labute approximate surface area is 119 Å². The lowest BCUT2D eigenvalue weighted by Gasteiger charge is -2.09. The maximum absolute atomic E-state index is 4.73. The topological polar surface area (TPSA) is 24.9 Å². The zero-order chi connectivity index (χ0) is 13.5. The lowest BCUT2D eigenvalue weighted by Crippen LogP contribution is -2.19. The first kappa shape index (κ1) is 14.2. The molecule has 0 amide bonds. The molecule has 3 heteroatoms. The van der Waals surface area contributed by atoms with Crippen molar-refractivity contribution in [1.82, 2.24) is 10.3 Å². The normalized spacial score (nSPS) is 12.5. The molecule has 2 rings (SSSR count). The number of benzene rings is 1. The van der Waals surface area contributed by atoms with E-state index in [0.717, 1.165) is 25.8 Å². The zero-order valence-corrected chi connectivity index (χ0v) is 12.5. The highest BCUT2D eigenvalue weighted by Gasteiger charge is 2.09. The molecule has 1 aromatic heterocycles. The van der Waals surface area contributed by atoms with Crippen LogP contribution in [0.3, 0.4) is 0 Å². The summed E-state index contributed by atoms with van der Waals surface area (Å²) in [6, 6.07) is 11.0. The number of rotatable bonds is 7. The van der Waals surface area contributed by atoms with Crippen LogP contribution in [-0.2, 0) is 12.8 Å². The molecule has 2 aromatic rings. The molecule has 1 N–H and O–H groups in total. The molecule has 0 saturated heterocycles. The Hall–Kier alpha value is -1.19. The molecule has 0 aliphatic rings. The summed E-state index contributed by atoms with van der Waals surface area (Å²) in [5, 5.41) is 6.91. The van der Waals surface area contributed by atoms with Gasteiger partial charge in [0.15, 0.2) is 0 Å². The van der Waals surface area contributed by atoms with Gasteiger partial charge in [-0.05, 0) is 31.9 Å². The van der Waals surface area contributed by atoms with Crippen LogP contribution in [0.15, 0.2) is 35.7 Å². The molecule has 0 aliphatic heterocycles. The Bertz CT molecular complexity index is 479. The molecule has 0 fully saturated rings. The number of aryl methyl sites for hydroxylation is 2. The van der Waals surface area contributed by atoms with Crippen LogP contribution in [0.5, 0.6) is 0 Å². The smallest absolute Gasteiger partial charge is 0.0932 e. The van der Waals surface area contributed by atoms with Gasteiger partial charge in [-0.15, -0.1) is 11.3 Å². The minimum atomic E-state index is 0.363. The monoisotopic (exact) mass is 274 g/mol. The van der Waals surface area contributed by atoms with Gasteiger partial charge in [0.05, 0.1) is 10.7 Å². The highest BCUT2D eigenvalue weighted by molar-refractivity contribution is 7.09. The highest BCUT2D eigenvalue weighted by Crippen LogP contribution is 2.18. The van der Waals surface area contributed by atoms with Gasteiger partial charge >= 0.3 is 0 Å². The van der Waals surface area contributed by atoms with E-state index in [1.807, 2.05) is 0 Å². The molecule has 102 valence electrons. The zero-order valence-electron chi connectivity index (χ0n) is 11.7. The molecule has 0 aliphatic carbocycles. The third-order valence-electron chi connectivity index (χ3n) is 3.18. The van der Waals surface area contributed by atoms with Crippen molar-refractivity contribution in [3.05, 3.63) is 52.0 Å². The third kappa shape index (κ3) is 4.44. The summed E-state index contributed by atoms with van der Waals surface area (Å²) in [5.74, 6) is 0. The summed E-state index contributed by atoms with van der Waals surface area (Å²) in [6.07, 6.45) is 3.27. The second-order valence-electron chi connectivity index (χ2n) is 4.83. The van der Waals surface area contributed by atoms with Crippen molar-refractivity contribution in [2.24, 2.45) is 0 Å². The summed E-state index contributed by atoms with van der Waals surface area (Å²) in [7, 11) is 0. The van der Waals surface area contributed by atoms with E-state index in [4.69, 9.17) is 4.98 Å². The molecule has 1 atom stereocenters. The molecule has 0 bridgehead atoms. The number of nitrogens with one attached hydrogen (secondary N) is 1. The lowest BCUT2D eigenvalue weighted by atomic mass is 10.1. The molecule has 1 unspecified atom stereocenters. The highest BCUT2D eigenvalue weighted by atomic mass is 32.1. The standard InChI is InChI=1S/C16H22N2S/c1-3-11-17-13(2)15-12-19-16(18-15)10-9-14-7-5-4-6-8-14/h4-8,12-13,17H,3,9-11H2,1-2H3. The Morgan fingerprint density at radius 3 is 2.74 bits per heavy atom. The minimum absolute atomic E-state index is 0.363. The van der Waals surface area contributed by atoms with Gasteiger partial charge in [0.1, 0.15) is 0 Å². The molecular formula is C16H22N2S. The van der Waals surface area contributed by atoms with Crippen LogP contribution in [0, 0.1) is 0 Å². The van der Waals surface area contributed by atoms with Crippen molar-refractivity contribution < 1.29 is 0 Å². The number of hydrogen-bond donors (Lipinski definition) is 1. The average molecular weight is 274 g/mol. The Kier molecular flexibility index (Phi) is 5.55. The van der Waals surface area contributed by atoms with Gasteiger partial charge in [-0.25, -0.2) is 4.98 Å². The summed E-state index contributed by atoms with van der Waals surface area (Å²) >= 11 is 1.78. The lowest BCUT2D eigenvalue weighted by molar-refractivity contribution is 0.559. The summed E-state index contributed by atoms with van der Waals surface area (Å²) in [6.45, 7) is 5.43. The molecule has 0 spiro atoms. The van der Waals surface area contributed by atoms with E-state index >= 15 is 0 Å². The Balaban J connectivity index is 1.87. The van der Waals surface area contributed by atoms with Gasteiger partial charge in [0.25, 0.3) is 0 Å². The van der Waals surface area contributed by atoms with E-state index in [2.05, 4.69) is 54.9 Å². The van der Waals surface area contributed by atoms with Crippen LogP contribution < -0.4 is 5.32 Å². The summed E-state index contributed by atoms with van der Waals surface area (Å²) < 4.78 is 0. The minimum Gasteiger partial charge on any atom is -0.309 e. The second kappa shape index (κ2) is 7.41. The van der Waals surface area contributed by atoms with Crippen molar-refractivity contribution in [2.45, 2.75) is 39.2 Å². The van der Waals surface area contributed by atoms with Crippen LogP contribution in [-0.4, -0.2) is 11.5 Å². The summed E-state index contributed by atoms with van der Waals surface area (Å²) in [4.78, 5) is 4.73. The average Bonchev–Trinajstić information content (AvgIpc) is 2.92. The molecule has 0 radical (unpaired) electrons. The van der Waals surface area contributed by atoms with Gasteiger partial charge in [0.2, 0.25) is 0 Å². The van der Waals surface area contributed by atoms with Gasteiger partial charge in [-0.1, -0.05) is 37.3 Å². The number of nitrogens with zero attached hydrogens (tertiary/aromatic N) is 1. The largest absolute Gasteiger partial charge is 0.309 e. The fourth-order valence-corrected chi connectivity index (χ4v) is 2.89. The SMILES string of the molecule is CCCNC(C)c1csc(CCc2ccccc2)n1. The van der Waals surface area contributed by atoms with Crippen molar-refractivity contribution >= 4 is 11.3 Å². The third-order valence-corrected chi connectivity index (χ3v) is 4.11.